The Balaban J connectivity index is 1.52. The molecule has 0 N–H and O–H groups in total. The van der Waals surface area contributed by atoms with Gasteiger partial charge in [-0.2, -0.15) is 0 Å². The van der Waals surface area contributed by atoms with E-state index in [4.69, 9.17) is 0 Å². The van der Waals surface area contributed by atoms with Crippen LogP contribution in [0.2, 0.25) is 11.5 Å². The summed E-state index contributed by atoms with van der Waals surface area (Å²) in [6, 6.07) is 36.4. The van der Waals surface area contributed by atoms with Crippen molar-refractivity contribution in [2.75, 3.05) is 0 Å². The van der Waals surface area contributed by atoms with Crippen LogP contribution < -0.4 is 0 Å². The molecule has 0 fully saturated rings. The van der Waals surface area contributed by atoms with Crippen LogP contribution in [0.4, 0.5) is 0 Å². The van der Waals surface area contributed by atoms with Crippen molar-refractivity contribution < 1.29 is 18.6 Å². The van der Waals surface area contributed by atoms with E-state index >= 15 is 0 Å². The summed E-state index contributed by atoms with van der Waals surface area (Å²) in [5.41, 5.74) is 15.3. The van der Waals surface area contributed by atoms with Gasteiger partial charge in [0.05, 0.1) is 0 Å². The SMILES string of the molecule is CCC1=Cc2c(-c3ccccc3)cccc2[CH]1[Zr]([CH]1C(CC)=Cc2c(-c3ccccc3)cccc21)=[Ge]([CH3])[CH3]. The van der Waals surface area contributed by atoms with E-state index in [1.807, 2.05) is 0 Å². The molecule has 4 aromatic carbocycles. The van der Waals surface area contributed by atoms with Crippen LogP contribution in [0.25, 0.3) is 34.4 Å². The van der Waals surface area contributed by atoms with Gasteiger partial charge in [0, 0.05) is 0 Å². The summed E-state index contributed by atoms with van der Waals surface area (Å²) >= 11 is -2.03. The Bertz CT molecular complexity index is 1470. The summed E-state index contributed by atoms with van der Waals surface area (Å²) in [7, 11) is -1.20. The van der Waals surface area contributed by atoms with Gasteiger partial charge in [-0.15, -0.1) is 0 Å². The van der Waals surface area contributed by atoms with Gasteiger partial charge < -0.3 is 0 Å². The molecular weight excluding hydrogens is 596 g/mol. The fraction of sp³-hybridized carbons (Fsp3) is 0.222. The molecule has 2 atom stereocenters. The number of fused-ring (bicyclic) bond motifs is 2. The quantitative estimate of drug-likeness (QED) is 0.186. The molecule has 0 saturated heterocycles. The van der Waals surface area contributed by atoms with Crippen molar-refractivity contribution in [2.45, 2.75) is 45.5 Å². The summed E-state index contributed by atoms with van der Waals surface area (Å²) < 4.78 is 1.41. The molecule has 2 unspecified atom stereocenters. The fourth-order valence-electron chi connectivity index (χ4n) is 6.76. The van der Waals surface area contributed by atoms with Crippen LogP contribution in [-0.4, -0.2) is 9.98 Å². The van der Waals surface area contributed by atoms with Gasteiger partial charge >= 0.3 is 239 Å². The van der Waals surface area contributed by atoms with Gasteiger partial charge in [-0.05, 0) is 0 Å². The van der Waals surface area contributed by atoms with Crippen molar-refractivity contribution >= 4 is 22.1 Å². The summed E-state index contributed by atoms with van der Waals surface area (Å²) in [4.78, 5) is 0. The van der Waals surface area contributed by atoms with Gasteiger partial charge in [-0.25, -0.2) is 0 Å². The van der Waals surface area contributed by atoms with Crippen LogP contribution in [0.5, 0.6) is 0 Å². The summed E-state index contributed by atoms with van der Waals surface area (Å²) in [6.07, 6.45) is 7.54. The summed E-state index contributed by atoms with van der Waals surface area (Å²) in [6.45, 7) is 4.79. The normalized spacial score (nSPS) is 17.5. The van der Waals surface area contributed by atoms with Crippen LogP contribution in [0, 0.1) is 0 Å². The molecule has 6 rings (SSSR count). The zero-order chi connectivity index (χ0) is 26.2. The van der Waals surface area contributed by atoms with Crippen LogP contribution >= 0.6 is 0 Å². The third-order valence-electron chi connectivity index (χ3n) is 8.49. The zero-order valence-electron chi connectivity index (χ0n) is 23.0. The third-order valence-corrected chi connectivity index (χ3v) is 39.2. The van der Waals surface area contributed by atoms with E-state index in [1.165, 1.54) is 33.4 Å². The molecule has 0 bridgehead atoms. The Hall–Kier alpha value is -2.21. The molecule has 0 nitrogen and oxygen atoms in total. The maximum atomic E-state index is 2.70. The molecule has 0 amide bonds. The van der Waals surface area contributed by atoms with Crippen LogP contribution in [0.3, 0.4) is 0 Å². The third kappa shape index (κ3) is 4.51. The minimum absolute atomic E-state index is 0.706. The first kappa shape index (κ1) is 26.0. The van der Waals surface area contributed by atoms with Crippen LogP contribution in [-0.2, 0) is 18.6 Å². The first-order valence-corrected chi connectivity index (χ1v) is 28.5. The van der Waals surface area contributed by atoms with Crippen molar-refractivity contribution in [3.8, 4) is 22.3 Å². The van der Waals surface area contributed by atoms with Crippen LogP contribution in [0.1, 0.15) is 56.2 Å². The van der Waals surface area contributed by atoms with Gasteiger partial charge in [-0.3, -0.25) is 0 Å². The summed E-state index contributed by atoms with van der Waals surface area (Å²) in [5.74, 6) is 5.40. The molecule has 0 aromatic heterocycles. The van der Waals surface area contributed by atoms with Gasteiger partial charge in [0.1, 0.15) is 0 Å². The van der Waals surface area contributed by atoms with Gasteiger partial charge in [0.15, 0.2) is 0 Å². The van der Waals surface area contributed by atoms with Crippen molar-refractivity contribution in [2.24, 2.45) is 0 Å². The average Bonchev–Trinajstić information content (AvgIpc) is 3.52. The molecular formula is C36H36GeZr. The van der Waals surface area contributed by atoms with Crippen molar-refractivity contribution in [1.82, 2.24) is 0 Å². The minimum atomic E-state index is -2.03. The molecule has 0 radical (unpaired) electrons. The van der Waals surface area contributed by atoms with Crippen molar-refractivity contribution in [1.29, 1.82) is 0 Å². The molecule has 2 heteroatoms. The van der Waals surface area contributed by atoms with Crippen LogP contribution in [0.15, 0.2) is 108 Å². The Kier molecular flexibility index (Phi) is 7.61. The molecule has 0 heterocycles. The van der Waals surface area contributed by atoms with E-state index in [0.29, 0.717) is 7.25 Å². The molecule has 2 aliphatic carbocycles. The van der Waals surface area contributed by atoms with E-state index in [0.717, 1.165) is 12.8 Å². The predicted octanol–water partition coefficient (Wildman–Crippen LogP) is 10.3. The predicted molar refractivity (Wildman–Crippen MR) is 163 cm³/mol. The average molecular weight is 633 g/mol. The number of allylic oxidation sites excluding steroid dienone is 2. The second-order valence-electron chi connectivity index (χ2n) is 10.8. The first-order chi connectivity index (χ1) is 18.6. The van der Waals surface area contributed by atoms with E-state index in [1.54, 1.807) is 22.3 Å². The van der Waals surface area contributed by atoms with E-state index in [-0.39, 0.29) is 0 Å². The molecule has 2 aliphatic rings. The molecule has 0 aliphatic heterocycles. The first-order valence-electron chi connectivity index (χ1n) is 14.1. The van der Waals surface area contributed by atoms with Gasteiger partial charge in [0.2, 0.25) is 0 Å². The molecule has 4 aromatic rings. The van der Waals surface area contributed by atoms with Gasteiger partial charge in [-0.1, -0.05) is 0 Å². The van der Waals surface area contributed by atoms with E-state index < -0.39 is 28.6 Å². The Morgan fingerprint density at radius 3 is 1.34 bits per heavy atom. The van der Waals surface area contributed by atoms with Crippen molar-refractivity contribution in [3.05, 3.63) is 130 Å². The molecule has 38 heavy (non-hydrogen) atoms. The fourth-order valence-corrected chi connectivity index (χ4v) is 39.5. The Morgan fingerprint density at radius 1 is 0.553 bits per heavy atom. The van der Waals surface area contributed by atoms with E-state index in [9.17, 15) is 0 Å². The van der Waals surface area contributed by atoms with Crippen molar-refractivity contribution in [3.63, 3.8) is 0 Å². The standard InChI is InChI=1S/2C17H15.C2H6Ge.Zr/c2*1-2-13-11-15-9-6-10-16(17(15)12-13)14-7-4-3-5-8-14;1-3-2;/h2*3-12H,2H2,1H3;1-2H3;. The number of hydrogen-bond acceptors (Lipinski definition) is 0. The number of hydrogen-bond donors (Lipinski definition) is 0. The number of benzene rings is 4. The Labute approximate surface area is 237 Å². The summed E-state index contributed by atoms with van der Waals surface area (Å²) in [5, 5.41) is 0. The topological polar surface area (TPSA) is 0 Å². The molecule has 188 valence electrons. The second-order valence-corrected chi connectivity index (χ2v) is 40.0. The molecule has 0 spiro atoms. The van der Waals surface area contributed by atoms with E-state index in [2.05, 4.69) is 135 Å². The van der Waals surface area contributed by atoms with Gasteiger partial charge in [0.25, 0.3) is 0 Å². The maximum absolute atomic E-state index is 2.70. The number of rotatable bonds is 6. The Morgan fingerprint density at radius 2 is 0.974 bits per heavy atom. The monoisotopic (exact) mass is 632 g/mol. The second kappa shape index (κ2) is 11.1. The molecule has 0 saturated carbocycles. The zero-order valence-corrected chi connectivity index (χ0v) is 27.5.